The average molecular weight is 475 g/mol. The number of hydrogen-bond acceptors (Lipinski definition) is 7. The summed E-state index contributed by atoms with van der Waals surface area (Å²) in [5.41, 5.74) is 4.83. The molecule has 0 unspecified atom stereocenters. The number of imidazole rings is 1. The van der Waals surface area contributed by atoms with Crippen LogP contribution in [0.2, 0.25) is 0 Å². The zero-order chi connectivity index (χ0) is 24.3. The third-order valence-electron chi connectivity index (χ3n) is 6.57. The summed E-state index contributed by atoms with van der Waals surface area (Å²) in [6.45, 7) is 4.16. The lowest BCUT2D eigenvalue weighted by Crippen LogP contribution is -2.41. The molecule has 0 bridgehead atoms. The highest BCUT2D eigenvalue weighted by atomic mass is 19.2. The fourth-order valence-electron chi connectivity index (χ4n) is 4.59. The van der Waals surface area contributed by atoms with Crippen molar-refractivity contribution >= 4 is 11.4 Å². The van der Waals surface area contributed by atoms with E-state index in [4.69, 9.17) is 9.52 Å². The van der Waals surface area contributed by atoms with E-state index in [1.807, 2.05) is 42.6 Å². The van der Waals surface area contributed by atoms with Crippen LogP contribution in [0, 0.1) is 6.92 Å². The van der Waals surface area contributed by atoms with Gasteiger partial charge >= 0.3 is 11.8 Å². The highest BCUT2D eigenvalue weighted by Gasteiger charge is 2.39. The lowest BCUT2D eigenvalue weighted by atomic mass is 9.99. The molecule has 0 radical (unpaired) electrons. The van der Waals surface area contributed by atoms with Gasteiger partial charge in [-0.15, -0.1) is 10.2 Å². The van der Waals surface area contributed by atoms with Crippen LogP contribution in [0.4, 0.5) is 4.48 Å². The zero-order valence-corrected chi connectivity index (χ0v) is 19.4. The van der Waals surface area contributed by atoms with Gasteiger partial charge in [0.1, 0.15) is 12.4 Å². The molecule has 12 heteroatoms. The average Bonchev–Trinajstić information content (AvgIpc) is 3.65. The van der Waals surface area contributed by atoms with Gasteiger partial charge in [-0.3, -0.25) is 9.48 Å². The molecule has 1 aliphatic heterocycles. The number of carbonyl (C=O) groups excluding carboxylic acids is 1. The maximum atomic E-state index is 14.4. The van der Waals surface area contributed by atoms with Crippen LogP contribution in [-0.4, -0.2) is 56.7 Å². The van der Waals surface area contributed by atoms with Crippen LogP contribution in [-0.2, 0) is 19.9 Å². The highest BCUT2D eigenvalue weighted by Crippen LogP contribution is 2.35. The molecular weight excluding hydrogens is 453 g/mol. The second-order valence-corrected chi connectivity index (χ2v) is 8.49. The number of pyridine rings is 1. The van der Waals surface area contributed by atoms with Crippen molar-refractivity contribution in [2.45, 2.75) is 32.7 Å². The molecule has 178 valence electrons. The van der Waals surface area contributed by atoms with Crippen LogP contribution in [0.3, 0.4) is 0 Å². The van der Waals surface area contributed by atoms with Gasteiger partial charge in [-0.05, 0) is 31.5 Å². The standard InChI is InChI=1S/C23H22FN9O2/c1-4-14-6-5-7-15-10-17(29-33(14)15)20-19-18(32(24)12-25-19)8-9-31(20)23(34)22-28-27-21(35-22)16-11-26-30(3)13(16)2/h5-7,10-12,20H,4,8-9H2,1-3H3/t20-/m0/s1. The molecule has 1 amide bonds. The van der Waals surface area contributed by atoms with Gasteiger partial charge in [-0.25, -0.2) is 9.50 Å². The van der Waals surface area contributed by atoms with E-state index in [9.17, 15) is 9.28 Å². The SMILES string of the molecule is CCc1cccc2cc([C@H]3c4ncn(F)c4CCN3C(=O)c3nnc(-c4cnn(C)c4C)o3)nn12. The first-order valence-electron chi connectivity index (χ1n) is 11.3. The third kappa shape index (κ3) is 3.24. The van der Waals surface area contributed by atoms with Gasteiger partial charge in [0, 0.05) is 31.4 Å². The second-order valence-electron chi connectivity index (χ2n) is 8.49. The molecule has 5 aromatic rings. The maximum Gasteiger partial charge on any atom is 0.312 e. The Labute approximate surface area is 198 Å². The summed E-state index contributed by atoms with van der Waals surface area (Å²) in [7, 11) is 1.81. The van der Waals surface area contributed by atoms with Gasteiger partial charge in [0.2, 0.25) is 0 Å². The highest BCUT2D eigenvalue weighted by molar-refractivity contribution is 5.90. The normalized spacial score (nSPS) is 15.7. The molecular formula is C23H22FN9O2. The number of carbonyl (C=O) groups is 1. The van der Waals surface area contributed by atoms with E-state index >= 15 is 0 Å². The van der Waals surface area contributed by atoms with Crippen molar-refractivity contribution in [1.82, 2.24) is 44.3 Å². The molecule has 0 saturated carbocycles. The summed E-state index contributed by atoms with van der Waals surface area (Å²) in [6, 6.07) is 7.10. The molecule has 0 aliphatic carbocycles. The van der Waals surface area contributed by atoms with Crippen LogP contribution >= 0.6 is 0 Å². The Kier molecular flexibility index (Phi) is 4.76. The Morgan fingerprint density at radius 1 is 1.29 bits per heavy atom. The molecule has 35 heavy (non-hydrogen) atoms. The van der Waals surface area contributed by atoms with E-state index in [0.29, 0.717) is 33.9 Å². The van der Waals surface area contributed by atoms with E-state index in [0.717, 1.165) is 29.7 Å². The van der Waals surface area contributed by atoms with Crippen molar-refractivity contribution < 1.29 is 13.7 Å². The van der Waals surface area contributed by atoms with Crippen molar-refractivity contribution in [2.24, 2.45) is 7.05 Å². The molecule has 1 aliphatic rings. The second kappa shape index (κ2) is 7.86. The molecule has 1 atom stereocenters. The summed E-state index contributed by atoms with van der Waals surface area (Å²) in [6.07, 6.45) is 3.82. The van der Waals surface area contributed by atoms with Gasteiger partial charge in [0.15, 0.2) is 0 Å². The van der Waals surface area contributed by atoms with Crippen LogP contribution in [0.1, 0.15) is 52.1 Å². The molecule has 11 nitrogen and oxygen atoms in total. The minimum Gasteiger partial charge on any atom is -0.412 e. The van der Waals surface area contributed by atoms with Crippen molar-refractivity contribution in [3.8, 4) is 11.5 Å². The Bertz CT molecular complexity index is 1580. The molecule has 5 aromatic heterocycles. The summed E-state index contributed by atoms with van der Waals surface area (Å²) in [5, 5.41) is 17.0. The number of amides is 1. The van der Waals surface area contributed by atoms with Gasteiger partial charge < -0.3 is 9.32 Å². The summed E-state index contributed by atoms with van der Waals surface area (Å²) >= 11 is 0. The van der Waals surface area contributed by atoms with Crippen molar-refractivity contribution in [1.29, 1.82) is 0 Å². The first kappa shape index (κ1) is 21.2. The van der Waals surface area contributed by atoms with Crippen LogP contribution in [0.15, 0.2) is 41.2 Å². The van der Waals surface area contributed by atoms with Gasteiger partial charge in [0.05, 0.1) is 34.4 Å². The largest absolute Gasteiger partial charge is 0.412 e. The first-order valence-corrected chi connectivity index (χ1v) is 11.3. The van der Waals surface area contributed by atoms with E-state index in [1.54, 1.807) is 22.8 Å². The number of aromatic nitrogens is 8. The Balaban J connectivity index is 1.43. The lowest BCUT2D eigenvalue weighted by Gasteiger charge is -2.32. The Hall–Kier alpha value is -4.35. The number of rotatable bonds is 4. The van der Waals surface area contributed by atoms with Crippen LogP contribution in [0.5, 0.6) is 0 Å². The van der Waals surface area contributed by atoms with Gasteiger partial charge in [-0.1, -0.05) is 17.5 Å². The summed E-state index contributed by atoms with van der Waals surface area (Å²) < 4.78 is 23.7. The summed E-state index contributed by atoms with van der Waals surface area (Å²) in [5.74, 6) is -0.418. The topological polar surface area (TPSA) is 112 Å². The van der Waals surface area contributed by atoms with E-state index in [-0.39, 0.29) is 18.3 Å². The predicted octanol–water partition coefficient (Wildman–Crippen LogP) is 2.71. The fraction of sp³-hybridized carbons (Fsp3) is 0.304. The van der Waals surface area contributed by atoms with E-state index in [2.05, 4.69) is 20.3 Å². The zero-order valence-electron chi connectivity index (χ0n) is 19.4. The lowest BCUT2D eigenvalue weighted by molar-refractivity contribution is 0.0643. The number of halogens is 1. The first-order chi connectivity index (χ1) is 17.0. The van der Waals surface area contributed by atoms with Crippen molar-refractivity contribution in [3.05, 3.63) is 71.1 Å². The van der Waals surface area contributed by atoms with Crippen LogP contribution < -0.4 is 0 Å². The van der Waals surface area contributed by atoms with Crippen LogP contribution in [0.25, 0.3) is 17.0 Å². The maximum absolute atomic E-state index is 14.4. The molecule has 0 N–H and O–H groups in total. The molecule has 0 saturated heterocycles. The van der Waals surface area contributed by atoms with Crippen molar-refractivity contribution in [2.75, 3.05) is 6.54 Å². The third-order valence-corrected chi connectivity index (χ3v) is 6.57. The molecule has 0 spiro atoms. The number of fused-ring (bicyclic) bond motifs is 2. The number of aryl methyl sites for hydroxylation is 2. The molecule has 0 fully saturated rings. The molecule has 0 aromatic carbocycles. The fourth-order valence-corrected chi connectivity index (χ4v) is 4.59. The summed E-state index contributed by atoms with van der Waals surface area (Å²) in [4.78, 5) is 20.0. The number of nitrogens with zero attached hydrogens (tertiary/aromatic N) is 9. The molecule has 6 rings (SSSR count). The monoisotopic (exact) mass is 475 g/mol. The predicted molar refractivity (Wildman–Crippen MR) is 121 cm³/mol. The van der Waals surface area contributed by atoms with Gasteiger partial charge in [0.25, 0.3) is 5.89 Å². The minimum atomic E-state index is -0.705. The Morgan fingerprint density at radius 2 is 2.14 bits per heavy atom. The number of hydrogen-bond donors (Lipinski definition) is 0. The minimum absolute atomic E-state index is 0.158. The Morgan fingerprint density at radius 3 is 2.91 bits per heavy atom. The molecule has 6 heterocycles. The van der Waals surface area contributed by atoms with E-state index in [1.165, 1.54) is 0 Å². The quantitative estimate of drug-likeness (QED) is 0.393. The van der Waals surface area contributed by atoms with E-state index < -0.39 is 11.9 Å². The van der Waals surface area contributed by atoms with Gasteiger partial charge in [-0.2, -0.15) is 15.0 Å². The smallest absolute Gasteiger partial charge is 0.312 e. The van der Waals surface area contributed by atoms with Crippen molar-refractivity contribution in [3.63, 3.8) is 0 Å².